The number of aromatic nitrogens is 2. The van der Waals surface area contributed by atoms with Gasteiger partial charge in [-0.1, -0.05) is 6.42 Å². The number of nitrogens with zero attached hydrogens (tertiary/aromatic N) is 2. The SMILES string of the molecule is CCOC(=O)CC(C(=O)OC1CCCCC1)n1cccn1. The van der Waals surface area contributed by atoms with Gasteiger partial charge < -0.3 is 9.47 Å². The fourth-order valence-corrected chi connectivity index (χ4v) is 2.55. The highest BCUT2D eigenvalue weighted by atomic mass is 16.5. The number of hydrogen-bond acceptors (Lipinski definition) is 5. The van der Waals surface area contributed by atoms with Gasteiger partial charge in [-0.2, -0.15) is 5.10 Å². The third kappa shape index (κ3) is 4.58. The normalized spacial score (nSPS) is 17.2. The highest BCUT2D eigenvalue weighted by molar-refractivity contribution is 5.81. The Morgan fingerprint density at radius 3 is 2.71 bits per heavy atom. The first-order valence-electron chi connectivity index (χ1n) is 7.56. The van der Waals surface area contributed by atoms with E-state index in [1.807, 2.05) is 0 Å². The van der Waals surface area contributed by atoms with Gasteiger partial charge >= 0.3 is 11.9 Å². The van der Waals surface area contributed by atoms with Gasteiger partial charge in [0.05, 0.1) is 13.0 Å². The number of carbonyl (C=O) groups is 2. The van der Waals surface area contributed by atoms with Gasteiger partial charge in [-0.3, -0.25) is 9.48 Å². The van der Waals surface area contributed by atoms with Crippen molar-refractivity contribution >= 4 is 11.9 Å². The zero-order chi connectivity index (χ0) is 15.1. The summed E-state index contributed by atoms with van der Waals surface area (Å²) in [6, 6.07) is 0.965. The van der Waals surface area contributed by atoms with Gasteiger partial charge in [0.1, 0.15) is 6.10 Å². The van der Waals surface area contributed by atoms with E-state index in [1.54, 1.807) is 25.4 Å². The Hall–Kier alpha value is -1.85. The minimum Gasteiger partial charge on any atom is -0.466 e. The van der Waals surface area contributed by atoms with Crippen LogP contribution in [0.3, 0.4) is 0 Å². The first kappa shape index (κ1) is 15.5. The topological polar surface area (TPSA) is 70.4 Å². The second kappa shape index (κ2) is 7.81. The third-order valence-electron chi connectivity index (χ3n) is 3.62. The molecule has 116 valence electrons. The molecule has 0 radical (unpaired) electrons. The molecule has 21 heavy (non-hydrogen) atoms. The number of ether oxygens (including phenoxy) is 2. The summed E-state index contributed by atoms with van der Waals surface area (Å²) in [6.07, 6.45) is 8.31. The standard InChI is InChI=1S/C15H22N2O4/c1-2-20-14(18)11-13(17-10-6-9-16-17)15(19)21-12-7-4-3-5-8-12/h6,9-10,12-13H,2-5,7-8,11H2,1H3. The number of hydrogen-bond donors (Lipinski definition) is 0. The lowest BCUT2D eigenvalue weighted by Gasteiger charge is -2.24. The lowest BCUT2D eigenvalue weighted by Crippen LogP contribution is -2.30. The van der Waals surface area contributed by atoms with Gasteiger partial charge in [0.2, 0.25) is 0 Å². The molecule has 6 nitrogen and oxygen atoms in total. The van der Waals surface area contributed by atoms with E-state index in [9.17, 15) is 9.59 Å². The molecular weight excluding hydrogens is 272 g/mol. The molecule has 0 amide bonds. The molecule has 1 heterocycles. The van der Waals surface area contributed by atoms with Crippen LogP contribution >= 0.6 is 0 Å². The zero-order valence-electron chi connectivity index (χ0n) is 12.4. The second-order valence-electron chi connectivity index (χ2n) is 5.21. The molecule has 1 aliphatic carbocycles. The minimum absolute atomic E-state index is 0.0356. The van der Waals surface area contributed by atoms with Crippen molar-refractivity contribution < 1.29 is 19.1 Å². The zero-order valence-corrected chi connectivity index (χ0v) is 12.4. The summed E-state index contributed by atoms with van der Waals surface area (Å²) in [5, 5.41) is 4.05. The van der Waals surface area contributed by atoms with Crippen molar-refractivity contribution in [3.05, 3.63) is 18.5 Å². The summed E-state index contributed by atoms with van der Waals surface area (Å²) < 4.78 is 11.9. The molecule has 1 aromatic rings. The van der Waals surface area contributed by atoms with E-state index in [4.69, 9.17) is 9.47 Å². The second-order valence-corrected chi connectivity index (χ2v) is 5.21. The quantitative estimate of drug-likeness (QED) is 0.753. The molecule has 1 aliphatic rings. The van der Waals surface area contributed by atoms with Crippen LogP contribution in [0.15, 0.2) is 18.5 Å². The smallest absolute Gasteiger partial charge is 0.331 e. The summed E-state index contributed by atoms with van der Waals surface area (Å²) in [4.78, 5) is 24.0. The number of rotatable bonds is 6. The van der Waals surface area contributed by atoms with E-state index >= 15 is 0 Å². The van der Waals surface area contributed by atoms with Gasteiger partial charge in [-0.25, -0.2) is 4.79 Å². The molecule has 1 saturated carbocycles. The summed E-state index contributed by atoms with van der Waals surface area (Å²) >= 11 is 0. The number of carbonyl (C=O) groups excluding carboxylic acids is 2. The maximum Gasteiger partial charge on any atom is 0.331 e. The van der Waals surface area contributed by atoms with Gasteiger partial charge in [0.25, 0.3) is 0 Å². The van der Waals surface area contributed by atoms with Crippen molar-refractivity contribution in [3.8, 4) is 0 Å². The van der Waals surface area contributed by atoms with Crippen LogP contribution in [-0.2, 0) is 19.1 Å². The van der Waals surface area contributed by atoms with Crippen molar-refractivity contribution in [2.24, 2.45) is 0 Å². The van der Waals surface area contributed by atoms with Crippen molar-refractivity contribution in [2.75, 3.05) is 6.61 Å². The van der Waals surface area contributed by atoms with E-state index in [2.05, 4.69) is 5.10 Å². The van der Waals surface area contributed by atoms with E-state index in [-0.39, 0.29) is 12.5 Å². The van der Waals surface area contributed by atoms with Crippen molar-refractivity contribution in [1.82, 2.24) is 9.78 Å². The fourth-order valence-electron chi connectivity index (χ4n) is 2.55. The van der Waals surface area contributed by atoms with Crippen LogP contribution < -0.4 is 0 Å². The first-order chi connectivity index (χ1) is 10.2. The minimum atomic E-state index is -0.749. The predicted octanol–water partition coefficient (Wildman–Crippen LogP) is 2.25. The van der Waals surface area contributed by atoms with Crippen molar-refractivity contribution in [3.63, 3.8) is 0 Å². The Kier molecular flexibility index (Phi) is 5.78. The molecule has 1 aromatic heterocycles. The lowest BCUT2D eigenvalue weighted by molar-refractivity contribution is -0.159. The maximum atomic E-state index is 12.4. The van der Waals surface area contributed by atoms with E-state index in [0.717, 1.165) is 25.7 Å². The Balaban J connectivity index is 2.00. The lowest BCUT2D eigenvalue weighted by atomic mass is 9.98. The van der Waals surface area contributed by atoms with Gasteiger partial charge in [0.15, 0.2) is 6.04 Å². The monoisotopic (exact) mass is 294 g/mol. The third-order valence-corrected chi connectivity index (χ3v) is 3.62. The molecule has 0 aromatic carbocycles. The Bertz CT molecular complexity index is 452. The molecule has 0 bridgehead atoms. The fraction of sp³-hybridized carbons (Fsp3) is 0.667. The highest BCUT2D eigenvalue weighted by Gasteiger charge is 2.29. The van der Waals surface area contributed by atoms with Crippen LogP contribution in [0.25, 0.3) is 0 Å². The molecule has 0 spiro atoms. The maximum absolute atomic E-state index is 12.4. The van der Waals surface area contributed by atoms with Crippen LogP contribution in [0.5, 0.6) is 0 Å². The van der Waals surface area contributed by atoms with E-state index in [0.29, 0.717) is 6.61 Å². The van der Waals surface area contributed by atoms with Crippen LogP contribution in [0, 0.1) is 0 Å². The molecule has 1 atom stereocenters. The summed E-state index contributed by atoms with van der Waals surface area (Å²) in [6.45, 7) is 2.03. The molecule has 0 saturated heterocycles. The largest absolute Gasteiger partial charge is 0.466 e. The molecule has 0 aliphatic heterocycles. The molecule has 0 N–H and O–H groups in total. The highest BCUT2D eigenvalue weighted by Crippen LogP contribution is 2.23. The molecular formula is C15H22N2O4. The molecule has 1 unspecified atom stereocenters. The molecule has 2 rings (SSSR count). The van der Waals surface area contributed by atoms with Crippen LogP contribution in [0.1, 0.15) is 51.5 Å². The molecule has 6 heteroatoms. The summed E-state index contributed by atoms with van der Waals surface area (Å²) in [5.41, 5.74) is 0. The average molecular weight is 294 g/mol. The van der Waals surface area contributed by atoms with E-state index in [1.165, 1.54) is 11.1 Å². The van der Waals surface area contributed by atoms with Crippen LogP contribution in [0.2, 0.25) is 0 Å². The Morgan fingerprint density at radius 1 is 1.33 bits per heavy atom. The Labute approximate surface area is 124 Å². The van der Waals surface area contributed by atoms with Crippen LogP contribution in [-0.4, -0.2) is 34.4 Å². The van der Waals surface area contributed by atoms with Gasteiger partial charge in [-0.15, -0.1) is 0 Å². The molecule has 1 fully saturated rings. The summed E-state index contributed by atoms with van der Waals surface area (Å²) in [5.74, 6) is -0.822. The van der Waals surface area contributed by atoms with Crippen LogP contribution in [0.4, 0.5) is 0 Å². The Morgan fingerprint density at radius 2 is 2.10 bits per heavy atom. The average Bonchev–Trinajstić information content (AvgIpc) is 3.00. The van der Waals surface area contributed by atoms with Crippen molar-refractivity contribution in [2.45, 2.75) is 57.6 Å². The van der Waals surface area contributed by atoms with Crippen molar-refractivity contribution in [1.29, 1.82) is 0 Å². The van der Waals surface area contributed by atoms with E-state index < -0.39 is 18.0 Å². The van der Waals surface area contributed by atoms with Gasteiger partial charge in [0, 0.05) is 12.4 Å². The first-order valence-corrected chi connectivity index (χ1v) is 7.56. The number of esters is 2. The van der Waals surface area contributed by atoms with Gasteiger partial charge in [-0.05, 0) is 38.7 Å². The summed E-state index contributed by atoms with van der Waals surface area (Å²) in [7, 11) is 0. The predicted molar refractivity (Wildman–Crippen MR) is 75.5 cm³/mol.